The lowest BCUT2D eigenvalue weighted by molar-refractivity contribution is -0.116. The molecule has 0 saturated heterocycles. The monoisotopic (exact) mass is 304 g/mol. The number of fused-ring (bicyclic) bond motifs is 1. The standard InChI is InChI=1S/C15H20N4O3/c1-15(2,21)8-22-14-12-10(5-4-6-11(20)16-3)7-17-13(12)18-9-19-14/h4,6-7,9,21H,5,8H2,1-3H3,(H,16,20)(H,17,18,19)/b6-4+. The van der Waals surface area contributed by atoms with E-state index in [1.54, 1.807) is 27.0 Å². The molecule has 0 aliphatic carbocycles. The fraction of sp³-hybridized carbons (Fsp3) is 0.400. The molecule has 7 nitrogen and oxygen atoms in total. The van der Waals surface area contributed by atoms with Crippen LogP contribution in [0.2, 0.25) is 0 Å². The first kappa shape index (κ1) is 16.0. The van der Waals surface area contributed by atoms with Gasteiger partial charge in [0, 0.05) is 13.2 Å². The van der Waals surface area contributed by atoms with Crippen LogP contribution in [0, 0.1) is 0 Å². The molecule has 2 aromatic rings. The summed E-state index contributed by atoms with van der Waals surface area (Å²) in [5.74, 6) is 0.256. The first-order chi connectivity index (χ1) is 10.4. The van der Waals surface area contributed by atoms with Gasteiger partial charge in [-0.3, -0.25) is 4.79 Å². The van der Waals surface area contributed by atoms with Crippen molar-refractivity contribution in [2.45, 2.75) is 25.9 Å². The maximum atomic E-state index is 11.2. The highest BCUT2D eigenvalue weighted by molar-refractivity contribution is 5.88. The van der Waals surface area contributed by atoms with Crippen molar-refractivity contribution >= 4 is 16.9 Å². The molecule has 0 bridgehead atoms. The zero-order valence-corrected chi connectivity index (χ0v) is 12.9. The van der Waals surface area contributed by atoms with E-state index in [-0.39, 0.29) is 12.5 Å². The number of hydrogen-bond acceptors (Lipinski definition) is 5. The second-order valence-electron chi connectivity index (χ2n) is 5.54. The number of carbonyl (C=O) groups excluding carboxylic acids is 1. The van der Waals surface area contributed by atoms with Crippen LogP contribution in [0.4, 0.5) is 0 Å². The number of ether oxygens (including phenoxy) is 1. The molecule has 0 aromatic carbocycles. The Kier molecular flexibility index (Phi) is 4.77. The molecule has 0 fully saturated rings. The highest BCUT2D eigenvalue weighted by atomic mass is 16.5. The first-order valence-corrected chi connectivity index (χ1v) is 6.95. The Morgan fingerprint density at radius 3 is 2.95 bits per heavy atom. The van der Waals surface area contributed by atoms with E-state index < -0.39 is 5.60 Å². The van der Waals surface area contributed by atoms with Gasteiger partial charge in [-0.25, -0.2) is 9.97 Å². The summed E-state index contributed by atoms with van der Waals surface area (Å²) in [6, 6.07) is 0. The minimum atomic E-state index is -0.952. The summed E-state index contributed by atoms with van der Waals surface area (Å²) in [4.78, 5) is 22.5. The SMILES string of the molecule is CNC(=O)/C=C/Cc1c[nH]c2ncnc(OCC(C)(C)O)c12. The van der Waals surface area contributed by atoms with Gasteiger partial charge >= 0.3 is 0 Å². The summed E-state index contributed by atoms with van der Waals surface area (Å²) < 4.78 is 5.61. The van der Waals surface area contributed by atoms with Crippen LogP contribution in [0.1, 0.15) is 19.4 Å². The van der Waals surface area contributed by atoms with Gasteiger partial charge in [-0.1, -0.05) is 6.08 Å². The van der Waals surface area contributed by atoms with Gasteiger partial charge in [0.25, 0.3) is 0 Å². The first-order valence-electron chi connectivity index (χ1n) is 6.95. The van der Waals surface area contributed by atoms with Crippen LogP contribution in [-0.4, -0.2) is 45.2 Å². The summed E-state index contributed by atoms with van der Waals surface area (Å²) in [7, 11) is 1.58. The Balaban J connectivity index is 2.24. The van der Waals surface area contributed by atoms with Gasteiger partial charge in [0.15, 0.2) is 0 Å². The van der Waals surface area contributed by atoms with Gasteiger partial charge in [0.2, 0.25) is 11.8 Å². The van der Waals surface area contributed by atoms with Crippen molar-refractivity contribution in [1.29, 1.82) is 0 Å². The quantitative estimate of drug-likeness (QED) is 0.690. The molecule has 22 heavy (non-hydrogen) atoms. The van der Waals surface area contributed by atoms with Crippen molar-refractivity contribution in [2.24, 2.45) is 0 Å². The number of nitrogens with one attached hydrogen (secondary N) is 2. The van der Waals surface area contributed by atoms with Gasteiger partial charge in [0.05, 0.1) is 11.0 Å². The summed E-state index contributed by atoms with van der Waals surface area (Å²) in [6.45, 7) is 3.45. The van der Waals surface area contributed by atoms with Crippen LogP contribution < -0.4 is 10.1 Å². The number of aromatic nitrogens is 3. The van der Waals surface area contributed by atoms with E-state index in [0.29, 0.717) is 17.9 Å². The molecule has 0 aliphatic heterocycles. The highest BCUT2D eigenvalue weighted by Gasteiger charge is 2.17. The molecule has 1 amide bonds. The van der Waals surface area contributed by atoms with Crippen molar-refractivity contribution in [3.8, 4) is 5.88 Å². The number of hydrogen-bond donors (Lipinski definition) is 3. The van der Waals surface area contributed by atoms with Crippen LogP contribution in [0.25, 0.3) is 11.0 Å². The molecule has 0 aliphatic rings. The Bertz CT molecular complexity index is 686. The molecule has 0 unspecified atom stereocenters. The van der Waals surface area contributed by atoms with Gasteiger partial charge in [-0.2, -0.15) is 0 Å². The Morgan fingerprint density at radius 1 is 1.50 bits per heavy atom. The predicted molar refractivity (Wildman–Crippen MR) is 82.6 cm³/mol. The van der Waals surface area contributed by atoms with E-state index in [9.17, 15) is 9.90 Å². The van der Waals surface area contributed by atoms with E-state index in [4.69, 9.17) is 4.74 Å². The number of nitrogens with zero attached hydrogens (tertiary/aromatic N) is 2. The lowest BCUT2D eigenvalue weighted by Crippen LogP contribution is -2.28. The molecule has 7 heteroatoms. The average Bonchev–Trinajstić information content (AvgIpc) is 2.88. The third-order valence-electron chi connectivity index (χ3n) is 2.93. The molecule has 0 atom stereocenters. The number of carbonyl (C=O) groups is 1. The number of rotatable bonds is 6. The topological polar surface area (TPSA) is 100 Å². The van der Waals surface area contributed by atoms with E-state index in [1.807, 2.05) is 6.20 Å². The molecule has 2 aromatic heterocycles. The molecule has 0 radical (unpaired) electrons. The number of likely N-dealkylation sites (N-methyl/N-ethyl adjacent to an activating group) is 1. The van der Waals surface area contributed by atoms with Crippen LogP contribution >= 0.6 is 0 Å². The van der Waals surface area contributed by atoms with Crippen LogP contribution in [0.15, 0.2) is 24.7 Å². The zero-order chi connectivity index (χ0) is 16.2. The second-order valence-corrected chi connectivity index (χ2v) is 5.54. The van der Waals surface area contributed by atoms with Gasteiger partial charge in [0.1, 0.15) is 18.6 Å². The maximum Gasteiger partial charge on any atom is 0.243 e. The molecule has 2 heterocycles. The summed E-state index contributed by atoms with van der Waals surface area (Å²) in [6.07, 6.45) is 6.99. The summed E-state index contributed by atoms with van der Waals surface area (Å²) in [5, 5.41) is 13.0. The van der Waals surface area contributed by atoms with Crippen LogP contribution in [0.5, 0.6) is 5.88 Å². The normalized spacial score (nSPS) is 12.0. The van der Waals surface area contributed by atoms with E-state index in [0.717, 1.165) is 10.9 Å². The van der Waals surface area contributed by atoms with Crippen molar-refractivity contribution in [3.05, 3.63) is 30.2 Å². The van der Waals surface area contributed by atoms with Crippen molar-refractivity contribution in [2.75, 3.05) is 13.7 Å². The number of amides is 1. The fourth-order valence-electron chi connectivity index (χ4n) is 1.89. The third-order valence-corrected chi connectivity index (χ3v) is 2.93. The largest absolute Gasteiger partial charge is 0.474 e. The lowest BCUT2D eigenvalue weighted by Gasteiger charge is -2.17. The third kappa shape index (κ3) is 4.05. The number of allylic oxidation sites excluding steroid dienone is 1. The van der Waals surface area contributed by atoms with Crippen LogP contribution in [-0.2, 0) is 11.2 Å². The van der Waals surface area contributed by atoms with Gasteiger partial charge in [-0.05, 0) is 31.9 Å². The molecule has 118 valence electrons. The van der Waals surface area contributed by atoms with Crippen molar-refractivity contribution in [3.63, 3.8) is 0 Å². The number of aliphatic hydroxyl groups is 1. The molecular weight excluding hydrogens is 284 g/mol. The van der Waals surface area contributed by atoms with E-state index in [2.05, 4.69) is 20.3 Å². The van der Waals surface area contributed by atoms with Crippen molar-refractivity contribution < 1.29 is 14.6 Å². The summed E-state index contributed by atoms with van der Waals surface area (Å²) in [5.41, 5.74) is 0.623. The smallest absolute Gasteiger partial charge is 0.243 e. The molecule has 0 spiro atoms. The lowest BCUT2D eigenvalue weighted by atomic mass is 10.1. The molecule has 0 saturated carbocycles. The molecule has 2 rings (SSSR count). The van der Waals surface area contributed by atoms with Gasteiger partial charge in [-0.15, -0.1) is 0 Å². The summed E-state index contributed by atoms with van der Waals surface area (Å²) >= 11 is 0. The second kappa shape index (κ2) is 6.57. The van der Waals surface area contributed by atoms with Crippen molar-refractivity contribution in [1.82, 2.24) is 20.3 Å². The highest BCUT2D eigenvalue weighted by Crippen LogP contribution is 2.26. The van der Waals surface area contributed by atoms with E-state index >= 15 is 0 Å². The Hall–Kier alpha value is -2.41. The van der Waals surface area contributed by atoms with Gasteiger partial charge < -0.3 is 20.1 Å². The number of aromatic amines is 1. The predicted octanol–water partition coefficient (Wildman–Crippen LogP) is 0.952. The Labute approximate surface area is 128 Å². The minimum Gasteiger partial charge on any atom is -0.474 e. The Morgan fingerprint density at radius 2 is 2.27 bits per heavy atom. The fourth-order valence-corrected chi connectivity index (χ4v) is 1.89. The van der Waals surface area contributed by atoms with Crippen LogP contribution in [0.3, 0.4) is 0 Å². The molecular formula is C15H20N4O3. The number of H-pyrrole nitrogens is 1. The van der Waals surface area contributed by atoms with E-state index in [1.165, 1.54) is 12.4 Å². The maximum absolute atomic E-state index is 11.2. The minimum absolute atomic E-state index is 0.123. The zero-order valence-electron chi connectivity index (χ0n) is 12.9. The molecule has 3 N–H and O–H groups in total. The average molecular weight is 304 g/mol.